The molecule has 0 atom stereocenters. The molecule has 0 saturated heterocycles. The highest BCUT2D eigenvalue weighted by molar-refractivity contribution is 8.22. The standard InChI is InChI=1S/C15H12O2S/c16-15(17)13-7-8-14(18-9-3-4-10-18)12-6-2-1-5-11(12)13/h1-10,18H,(H,16,17). The van der Waals surface area contributed by atoms with Crippen molar-refractivity contribution >= 4 is 27.6 Å². The SMILES string of the molecule is O=C(O)c1ccc([SH]2C=CC=C2)c2ccccc12. The third-order valence-corrected chi connectivity index (χ3v) is 4.95. The molecule has 0 amide bonds. The molecule has 2 aromatic rings. The molecule has 18 heavy (non-hydrogen) atoms. The molecule has 0 spiro atoms. The molecule has 0 aromatic heterocycles. The smallest absolute Gasteiger partial charge is 0.336 e. The summed E-state index contributed by atoms with van der Waals surface area (Å²) < 4.78 is 0. The van der Waals surface area contributed by atoms with Crippen molar-refractivity contribution in [1.29, 1.82) is 0 Å². The Bertz CT molecular complexity index is 674. The minimum atomic E-state index is -0.872. The Morgan fingerprint density at radius 2 is 1.61 bits per heavy atom. The van der Waals surface area contributed by atoms with Crippen LogP contribution in [0.3, 0.4) is 0 Å². The van der Waals surface area contributed by atoms with Crippen LogP contribution >= 0.6 is 10.9 Å². The second-order valence-electron chi connectivity index (χ2n) is 4.07. The predicted molar refractivity (Wildman–Crippen MR) is 76.4 cm³/mol. The summed E-state index contributed by atoms with van der Waals surface area (Å²) in [6, 6.07) is 11.4. The van der Waals surface area contributed by atoms with E-state index in [9.17, 15) is 9.90 Å². The van der Waals surface area contributed by atoms with Crippen LogP contribution in [-0.4, -0.2) is 11.1 Å². The topological polar surface area (TPSA) is 37.3 Å². The molecule has 0 bridgehead atoms. The van der Waals surface area contributed by atoms with Crippen molar-refractivity contribution in [1.82, 2.24) is 0 Å². The van der Waals surface area contributed by atoms with E-state index < -0.39 is 16.9 Å². The van der Waals surface area contributed by atoms with Crippen LogP contribution in [-0.2, 0) is 0 Å². The quantitative estimate of drug-likeness (QED) is 0.799. The molecule has 1 N–H and O–H groups in total. The van der Waals surface area contributed by atoms with Gasteiger partial charge in [-0.05, 0) is 33.7 Å². The van der Waals surface area contributed by atoms with Gasteiger partial charge in [-0.3, -0.25) is 0 Å². The average molecular weight is 256 g/mol. The van der Waals surface area contributed by atoms with Crippen LogP contribution < -0.4 is 0 Å². The van der Waals surface area contributed by atoms with Gasteiger partial charge in [0.1, 0.15) is 0 Å². The van der Waals surface area contributed by atoms with Crippen molar-refractivity contribution in [2.24, 2.45) is 0 Å². The van der Waals surface area contributed by atoms with Crippen molar-refractivity contribution in [3.8, 4) is 0 Å². The third kappa shape index (κ3) is 1.73. The minimum Gasteiger partial charge on any atom is -0.478 e. The number of allylic oxidation sites excluding steroid dienone is 2. The molecule has 0 radical (unpaired) electrons. The van der Waals surface area contributed by atoms with Gasteiger partial charge < -0.3 is 5.11 Å². The minimum absolute atomic E-state index is 0.372. The van der Waals surface area contributed by atoms with Crippen molar-refractivity contribution in [3.63, 3.8) is 0 Å². The fourth-order valence-electron chi connectivity index (χ4n) is 2.19. The Kier molecular flexibility index (Phi) is 2.68. The van der Waals surface area contributed by atoms with Crippen LogP contribution in [0.4, 0.5) is 0 Å². The van der Waals surface area contributed by atoms with Crippen LogP contribution in [0, 0.1) is 0 Å². The van der Waals surface area contributed by atoms with Gasteiger partial charge >= 0.3 is 5.97 Å². The number of rotatable bonds is 2. The molecular weight excluding hydrogens is 244 g/mol. The zero-order valence-electron chi connectivity index (χ0n) is 9.58. The van der Waals surface area contributed by atoms with E-state index in [-0.39, 0.29) is 0 Å². The van der Waals surface area contributed by atoms with Gasteiger partial charge in [0, 0.05) is 4.90 Å². The van der Waals surface area contributed by atoms with Crippen LogP contribution in [0.25, 0.3) is 10.8 Å². The molecule has 0 aliphatic carbocycles. The molecule has 2 nitrogen and oxygen atoms in total. The summed E-state index contributed by atoms with van der Waals surface area (Å²) in [5.41, 5.74) is 0.372. The first-order valence-corrected chi connectivity index (χ1v) is 7.14. The number of hydrogen-bond donors (Lipinski definition) is 2. The van der Waals surface area contributed by atoms with Gasteiger partial charge in [0.05, 0.1) is 5.56 Å². The van der Waals surface area contributed by atoms with Gasteiger partial charge in [0.25, 0.3) is 0 Å². The van der Waals surface area contributed by atoms with Gasteiger partial charge in [-0.15, -0.1) is 0 Å². The van der Waals surface area contributed by atoms with E-state index in [4.69, 9.17) is 0 Å². The lowest BCUT2D eigenvalue weighted by molar-refractivity contribution is 0.0699. The molecular formula is C15H12O2S. The molecule has 1 aliphatic heterocycles. The maximum atomic E-state index is 11.2. The lowest BCUT2D eigenvalue weighted by Gasteiger charge is -2.15. The lowest BCUT2D eigenvalue weighted by atomic mass is 10.0. The maximum absolute atomic E-state index is 11.2. The second kappa shape index (κ2) is 4.35. The number of benzene rings is 2. The van der Waals surface area contributed by atoms with Gasteiger partial charge in [-0.1, -0.05) is 36.4 Å². The Balaban J connectivity index is 2.29. The Labute approximate surface area is 108 Å². The molecule has 3 heteroatoms. The van der Waals surface area contributed by atoms with E-state index >= 15 is 0 Å². The fourth-order valence-corrected chi connectivity index (χ4v) is 3.90. The first-order valence-electron chi connectivity index (χ1n) is 5.66. The van der Waals surface area contributed by atoms with E-state index in [2.05, 4.69) is 10.8 Å². The normalized spacial score (nSPS) is 15.4. The average Bonchev–Trinajstić information content (AvgIpc) is 2.91. The van der Waals surface area contributed by atoms with Gasteiger partial charge in [0.2, 0.25) is 0 Å². The maximum Gasteiger partial charge on any atom is 0.336 e. The van der Waals surface area contributed by atoms with E-state index in [1.54, 1.807) is 6.07 Å². The highest BCUT2D eigenvalue weighted by Crippen LogP contribution is 2.45. The highest BCUT2D eigenvalue weighted by atomic mass is 32.2. The summed E-state index contributed by atoms with van der Waals surface area (Å²) in [5.74, 6) is -0.872. The summed E-state index contributed by atoms with van der Waals surface area (Å²) in [6.45, 7) is 0. The number of aromatic carboxylic acids is 1. The fraction of sp³-hybridized carbons (Fsp3) is 0. The zero-order chi connectivity index (χ0) is 12.5. The van der Waals surface area contributed by atoms with Crippen molar-refractivity contribution < 1.29 is 9.90 Å². The number of carbonyl (C=O) groups is 1. The highest BCUT2D eigenvalue weighted by Gasteiger charge is 2.13. The molecule has 1 aliphatic rings. The monoisotopic (exact) mass is 256 g/mol. The number of carboxylic acid groups (broad SMARTS) is 1. The van der Waals surface area contributed by atoms with Crippen LogP contribution in [0.5, 0.6) is 0 Å². The molecule has 1 heterocycles. The van der Waals surface area contributed by atoms with Crippen LogP contribution in [0.1, 0.15) is 10.4 Å². The lowest BCUT2D eigenvalue weighted by Crippen LogP contribution is -1.98. The van der Waals surface area contributed by atoms with Crippen LogP contribution in [0.15, 0.2) is 64.3 Å². The third-order valence-electron chi connectivity index (χ3n) is 3.01. The van der Waals surface area contributed by atoms with E-state index in [1.807, 2.05) is 42.5 Å². The number of thiol groups is 1. The molecule has 0 fully saturated rings. The Morgan fingerprint density at radius 3 is 2.28 bits per heavy atom. The Morgan fingerprint density at radius 1 is 0.944 bits per heavy atom. The van der Waals surface area contributed by atoms with Crippen molar-refractivity contribution in [2.75, 3.05) is 0 Å². The first-order chi connectivity index (χ1) is 8.77. The first kappa shape index (κ1) is 11.1. The van der Waals surface area contributed by atoms with Crippen LogP contribution in [0.2, 0.25) is 0 Å². The molecule has 2 aromatic carbocycles. The summed E-state index contributed by atoms with van der Waals surface area (Å²) in [4.78, 5) is 12.4. The van der Waals surface area contributed by atoms with Crippen molar-refractivity contribution in [3.05, 3.63) is 64.9 Å². The molecule has 90 valence electrons. The summed E-state index contributed by atoms with van der Waals surface area (Å²) >= 11 is 0. The van der Waals surface area contributed by atoms with E-state index in [0.29, 0.717) is 5.56 Å². The summed E-state index contributed by atoms with van der Waals surface area (Å²) in [6.07, 6.45) is 4.09. The molecule has 0 saturated carbocycles. The van der Waals surface area contributed by atoms with Gasteiger partial charge in [-0.2, -0.15) is 10.9 Å². The second-order valence-corrected chi connectivity index (χ2v) is 5.97. The number of fused-ring (bicyclic) bond motifs is 1. The molecule has 0 unspecified atom stereocenters. The summed E-state index contributed by atoms with van der Waals surface area (Å²) in [5, 5.41) is 15.4. The van der Waals surface area contributed by atoms with Gasteiger partial charge in [0.15, 0.2) is 0 Å². The predicted octanol–water partition coefficient (Wildman–Crippen LogP) is 3.94. The summed E-state index contributed by atoms with van der Waals surface area (Å²) in [7, 11) is -0.426. The Hall–Kier alpha value is -2.00. The molecule has 3 rings (SSSR count). The zero-order valence-corrected chi connectivity index (χ0v) is 10.5. The van der Waals surface area contributed by atoms with E-state index in [0.717, 1.165) is 10.8 Å². The van der Waals surface area contributed by atoms with E-state index in [1.165, 1.54) is 4.90 Å². The van der Waals surface area contributed by atoms with Crippen molar-refractivity contribution in [2.45, 2.75) is 4.90 Å². The largest absolute Gasteiger partial charge is 0.478 e. The number of hydrogen-bond acceptors (Lipinski definition) is 1. The van der Waals surface area contributed by atoms with Gasteiger partial charge in [-0.25, -0.2) is 4.79 Å². The number of carboxylic acids is 1.